The smallest absolute Gasteiger partial charge is 0.244 e. The molecule has 1 atom stereocenters. The summed E-state index contributed by atoms with van der Waals surface area (Å²) < 4.78 is 18.5. The first-order chi connectivity index (χ1) is 13.4. The molecule has 2 rings (SSSR count). The van der Waals surface area contributed by atoms with Crippen LogP contribution in [0.2, 0.25) is 5.02 Å². The molecule has 0 saturated carbocycles. The summed E-state index contributed by atoms with van der Waals surface area (Å²) in [5, 5.41) is 3.30. The van der Waals surface area contributed by atoms with Crippen molar-refractivity contribution >= 4 is 23.6 Å². The van der Waals surface area contributed by atoms with Gasteiger partial charge >= 0.3 is 0 Å². The molecule has 1 amide bonds. The molecule has 1 fully saturated rings. The lowest BCUT2D eigenvalue weighted by Gasteiger charge is -2.30. The van der Waals surface area contributed by atoms with Crippen molar-refractivity contribution in [3.05, 3.63) is 64.1 Å². The van der Waals surface area contributed by atoms with Gasteiger partial charge in [0.2, 0.25) is 5.91 Å². The second kappa shape index (κ2) is 11.0. The highest BCUT2D eigenvalue weighted by Crippen LogP contribution is 2.19. The third-order valence-corrected chi connectivity index (χ3v) is 5.05. The summed E-state index contributed by atoms with van der Waals surface area (Å²) in [5.41, 5.74) is 2.83. The van der Waals surface area contributed by atoms with E-state index in [4.69, 9.17) is 16.3 Å². The monoisotopic (exact) mass is 406 g/mol. The van der Waals surface area contributed by atoms with Gasteiger partial charge in [0, 0.05) is 24.9 Å². The molecule has 1 N–H and O–H groups in total. The number of halogens is 2. The fraction of sp³-hybridized carbons (Fsp3) is 0.409. The highest BCUT2D eigenvalue weighted by atomic mass is 35.5. The number of carbonyl (C=O) groups is 1. The SMILES string of the molecule is C/C=C(\C=C(/C)N1CCOCC1)C(CC)NC(=O)/C=C/c1ccc(F)cc1Cl. The molecule has 0 bridgehead atoms. The molecule has 0 aliphatic carbocycles. The van der Waals surface area contributed by atoms with Crippen LogP contribution < -0.4 is 5.32 Å². The Morgan fingerprint density at radius 2 is 2.11 bits per heavy atom. The van der Waals surface area contributed by atoms with Gasteiger partial charge in [-0.2, -0.15) is 0 Å². The van der Waals surface area contributed by atoms with Crippen LogP contribution >= 0.6 is 11.6 Å². The second-order valence-electron chi connectivity index (χ2n) is 6.64. The highest BCUT2D eigenvalue weighted by Gasteiger charge is 2.15. The van der Waals surface area contributed by atoms with Crippen LogP contribution in [0.5, 0.6) is 0 Å². The minimum absolute atomic E-state index is 0.0955. The number of hydrogen-bond donors (Lipinski definition) is 1. The Kier molecular flexibility index (Phi) is 8.74. The lowest BCUT2D eigenvalue weighted by molar-refractivity contribution is -0.116. The maximum atomic E-state index is 13.1. The Morgan fingerprint density at radius 1 is 1.39 bits per heavy atom. The van der Waals surface area contributed by atoms with Crippen LogP contribution in [0.4, 0.5) is 4.39 Å². The maximum absolute atomic E-state index is 13.1. The van der Waals surface area contributed by atoms with Gasteiger partial charge in [-0.3, -0.25) is 4.79 Å². The molecule has 1 saturated heterocycles. The number of nitrogens with one attached hydrogen (secondary N) is 1. The van der Waals surface area contributed by atoms with Crippen molar-refractivity contribution in [2.45, 2.75) is 33.2 Å². The van der Waals surface area contributed by atoms with E-state index in [2.05, 4.69) is 23.2 Å². The Labute approximate surface area is 171 Å². The Balaban J connectivity index is 2.04. The molecule has 6 heteroatoms. The molecule has 4 nitrogen and oxygen atoms in total. The van der Waals surface area contributed by atoms with E-state index >= 15 is 0 Å². The molecule has 0 aromatic heterocycles. The summed E-state index contributed by atoms with van der Waals surface area (Å²) in [6.45, 7) is 9.32. The van der Waals surface area contributed by atoms with Crippen molar-refractivity contribution in [3.8, 4) is 0 Å². The summed E-state index contributed by atoms with van der Waals surface area (Å²) in [4.78, 5) is 14.7. The lowest BCUT2D eigenvalue weighted by Crippen LogP contribution is -2.36. The topological polar surface area (TPSA) is 41.6 Å². The number of ether oxygens (including phenoxy) is 1. The number of hydrogen-bond acceptors (Lipinski definition) is 3. The zero-order valence-corrected chi connectivity index (χ0v) is 17.4. The molecule has 1 aliphatic rings. The Morgan fingerprint density at radius 3 is 2.71 bits per heavy atom. The van der Waals surface area contributed by atoms with E-state index in [9.17, 15) is 9.18 Å². The first kappa shape index (κ1) is 22.2. The van der Waals surface area contributed by atoms with Gasteiger partial charge < -0.3 is 15.0 Å². The number of benzene rings is 1. The van der Waals surface area contributed by atoms with E-state index < -0.39 is 5.82 Å². The zero-order chi connectivity index (χ0) is 20.5. The van der Waals surface area contributed by atoms with Crippen LogP contribution in [0.25, 0.3) is 6.08 Å². The minimum Gasteiger partial charge on any atom is -0.378 e. The number of allylic oxidation sites excluding steroid dienone is 2. The average Bonchev–Trinajstić information content (AvgIpc) is 2.70. The van der Waals surface area contributed by atoms with E-state index in [1.165, 1.54) is 18.2 Å². The summed E-state index contributed by atoms with van der Waals surface area (Å²) in [5.74, 6) is -0.623. The predicted molar refractivity (Wildman–Crippen MR) is 113 cm³/mol. The minimum atomic E-state index is -0.405. The number of amides is 1. The summed E-state index contributed by atoms with van der Waals surface area (Å²) in [6.07, 6.45) is 7.93. The first-order valence-electron chi connectivity index (χ1n) is 9.55. The molecular weight excluding hydrogens is 379 g/mol. The highest BCUT2D eigenvalue weighted by molar-refractivity contribution is 6.32. The van der Waals surface area contributed by atoms with Crippen LogP contribution in [-0.4, -0.2) is 43.2 Å². The van der Waals surface area contributed by atoms with Gasteiger partial charge in [0.1, 0.15) is 5.82 Å². The molecule has 1 aromatic rings. The van der Waals surface area contributed by atoms with Gasteiger partial charge in [0.25, 0.3) is 0 Å². The number of nitrogens with zero attached hydrogens (tertiary/aromatic N) is 1. The number of rotatable bonds is 7. The van der Waals surface area contributed by atoms with E-state index in [1.807, 2.05) is 19.9 Å². The molecule has 1 unspecified atom stereocenters. The van der Waals surface area contributed by atoms with Gasteiger partial charge in [0.05, 0.1) is 24.3 Å². The second-order valence-corrected chi connectivity index (χ2v) is 7.05. The summed E-state index contributed by atoms with van der Waals surface area (Å²) >= 11 is 6.00. The predicted octanol–water partition coefficient (Wildman–Crippen LogP) is 4.57. The van der Waals surface area contributed by atoms with E-state index in [-0.39, 0.29) is 17.0 Å². The molecule has 28 heavy (non-hydrogen) atoms. The Bertz CT molecular complexity index is 768. The van der Waals surface area contributed by atoms with Crippen molar-refractivity contribution in [1.82, 2.24) is 10.2 Å². The van der Waals surface area contributed by atoms with Crippen LogP contribution in [0, 0.1) is 5.82 Å². The average molecular weight is 407 g/mol. The zero-order valence-electron chi connectivity index (χ0n) is 16.7. The first-order valence-corrected chi connectivity index (χ1v) is 9.93. The van der Waals surface area contributed by atoms with E-state index in [0.29, 0.717) is 5.56 Å². The molecule has 1 aromatic carbocycles. The van der Waals surface area contributed by atoms with Crippen molar-refractivity contribution in [1.29, 1.82) is 0 Å². The fourth-order valence-electron chi connectivity index (χ4n) is 3.08. The van der Waals surface area contributed by atoms with Crippen molar-refractivity contribution in [3.63, 3.8) is 0 Å². The van der Waals surface area contributed by atoms with Crippen molar-refractivity contribution < 1.29 is 13.9 Å². The fourth-order valence-corrected chi connectivity index (χ4v) is 3.31. The van der Waals surface area contributed by atoms with Crippen LogP contribution in [0.3, 0.4) is 0 Å². The van der Waals surface area contributed by atoms with Crippen molar-refractivity contribution in [2.24, 2.45) is 0 Å². The van der Waals surface area contributed by atoms with Crippen LogP contribution in [0.1, 0.15) is 32.8 Å². The standard InChI is InChI=1S/C22H28ClFN2O2/c1-4-17(14-16(3)26-10-12-28-13-11-26)21(5-2)25-22(27)9-7-18-6-8-19(24)15-20(18)23/h4,6-9,14-15,21H,5,10-13H2,1-3H3,(H,25,27)/b9-7+,16-14+,17-4+. The molecular formula is C22H28ClFN2O2. The summed E-state index contributed by atoms with van der Waals surface area (Å²) in [6, 6.07) is 3.99. The van der Waals surface area contributed by atoms with Gasteiger partial charge in [-0.1, -0.05) is 30.7 Å². The molecule has 0 spiro atoms. The number of carbonyl (C=O) groups excluding carboxylic acids is 1. The molecule has 152 valence electrons. The van der Waals surface area contributed by atoms with Crippen LogP contribution in [0.15, 0.2) is 47.7 Å². The largest absolute Gasteiger partial charge is 0.378 e. The van der Waals surface area contributed by atoms with Gasteiger partial charge in [-0.25, -0.2) is 4.39 Å². The van der Waals surface area contributed by atoms with E-state index in [1.54, 1.807) is 12.1 Å². The van der Waals surface area contributed by atoms with Crippen LogP contribution in [-0.2, 0) is 9.53 Å². The number of morpholine rings is 1. The molecule has 1 aliphatic heterocycles. The summed E-state index contributed by atoms with van der Waals surface area (Å²) in [7, 11) is 0. The quantitative estimate of drug-likeness (QED) is 0.532. The molecule has 0 radical (unpaired) electrons. The molecule has 1 heterocycles. The van der Waals surface area contributed by atoms with Gasteiger partial charge in [0.15, 0.2) is 0 Å². The lowest BCUT2D eigenvalue weighted by atomic mass is 10.0. The third-order valence-electron chi connectivity index (χ3n) is 4.72. The Hall–Kier alpha value is -2.11. The van der Waals surface area contributed by atoms with Gasteiger partial charge in [-0.15, -0.1) is 0 Å². The van der Waals surface area contributed by atoms with E-state index in [0.717, 1.165) is 44.0 Å². The van der Waals surface area contributed by atoms with Gasteiger partial charge in [-0.05, 0) is 55.7 Å². The maximum Gasteiger partial charge on any atom is 0.244 e. The van der Waals surface area contributed by atoms with Crippen molar-refractivity contribution in [2.75, 3.05) is 26.3 Å². The third kappa shape index (κ3) is 6.50. The normalized spacial score (nSPS) is 17.1.